The number of imidazole rings is 1. The van der Waals surface area contributed by atoms with Gasteiger partial charge in [0.25, 0.3) is 0 Å². The molecule has 1 saturated heterocycles. The highest BCUT2D eigenvalue weighted by Gasteiger charge is 2.44. The Bertz CT molecular complexity index is 864. The van der Waals surface area contributed by atoms with Crippen molar-refractivity contribution in [1.82, 2.24) is 24.5 Å². The number of nitrogens with one attached hydrogen (secondary N) is 1. The number of fused-ring (bicyclic) bond motifs is 1. The fourth-order valence-corrected chi connectivity index (χ4v) is 3.01. The molecule has 24 heavy (non-hydrogen) atoms. The van der Waals surface area contributed by atoms with Gasteiger partial charge in [-0.15, -0.1) is 0 Å². The molecule has 126 valence electrons. The van der Waals surface area contributed by atoms with Gasteiger partial charge < -0.3 is 35.3 Å². The van der Waals surface area contributed by atoms with Crippen molar-refractivity contribution in [3.8, 4) is 11.3 Å². The van der Waals surface area contributed by atoms with Crippen LogP contribution in [0, 0.1) is 0 Å². The number of hydrogen-bond acceptors (Lipinski definition) is 8. The molecule has 0 aromatic carbocycles. The van der Waals surface area contributed by atoms with Crippen LogP contribution in [0.1, 0.15) is 6.23 Å². The Morgan fingerprint density at radius 3 is 2.75 bits per heavy atom. The van der Waals surface area contributed by atoms with Crippen LogP contribution < -0.4 is 5.73 Å². The number of hydrogen-bond donors (Lipinski definition) is 5. The van der Waals surface area contributed by atoms with Gasteiger partial charge in [0, 0.05) is 18.0 Å². The molecule has 0 bridgehead atoms. The molecule has 3 aromatic heterocycles. The Balaban J connectivity index is 1.90. The lowest BCUT2D eigenvalue weighted by atomic mass is 10.1. The number of aromatic nitrogens is 5. The minimum atomic E-state index is -1.22. The van der Waals surface area contributed by atoms with Crippen LogP contribution >= 0.6 is 0 Å². The molecule has 10 heteroatoms. The molecule has 4 rings (SSSR count). The summed E-state index contributed by atoms with van der Waals surface area (Å²) in [6, 6.07) is 0. The van der Waals surface area contributed by atoms with Crippen molar-refractivity contribution in [2.75, 3.05) is 12.3 Å². The van der Waals surface area contributed by atoms with Crippen molar-refractivity contribution in [2.45, 2.75) is 24.5 Å². The topological polar surface area (TPSA) is 155 Å². The van der Waals surface area contributed by atoms with Crippen LogP contribution in [0.4, 0.5) is 5.82 Å². The number of aliphatic hydroxyl groups is 3. The number of rotatable bonds is 3. The molecule has 1 aliphatic rings. The normalized spacial score (nSPS) is 27.1. The summed E-state index contributed by atoms with van der Waals surface area (Å²) >= 11 is 0. The quantitative estimate of drug-likeness (QED) is 0.409. The molecular weight excluding hydrogens is 316 g/mol. The van der Waals surface area contributed by atoms with Crippen molar-refractivity contribution in [3.63, 3.8) is 0 Å². The Morgan fingerprint density at radius 2 is 2.08 bits per heavy atom. The minimum absolute atomic E-state index is 0.267. The molecule has 0 unspecified atom stereocenters. The molecule has 0 radical (unpaired) electrons. The number of nitrogen functional groups attached to an aromatic ring is 1. The van der Waals surface area contributed by atoms with Gasteiger partial charge in [-0.2, -0.15) is 0 Å². The summed E-state index contributed by atoms with van der Waals surface area (Å²) in [5.74, 6) is 0.267. The lowest BCUT2D eigenvalue weighted by molar-refractivity contribution is -0.0508. The molecule has 0 spiro atoms. The molecule has 4 atom stereocenters. The highest BCUT2D eigenvalue weighted by Crippen LogP contribution is 2.37. The Kier molecular flexibility index (Phi) is 3.46. The number of anilines is 1. The smallest absolute Gasteiger partial charge is 0.164 e. The fraction of sp³-hybridized carbons (Fsp3) is 0.357. The van der Waals surface area contributed by atoms with E-state index in [-0.39, 0.29) is 5.82 Å². The lowest BCUT2D eigenvalue weighted by Crippen LogP contribution is -2.33. The average molecular weight is 332 g/mol. The van der Waals surface area contributed by atoms with Crippen LogP contribution in [0.3, 0.4) is 0 Å². The van der Waals surface area contributed by atoms with Crippen molar-refractivity contribution < 1.29 is 20.1 Å². The second-order valence-electron chi connectivity index (χ2n) is 5.59. The molecule has 1 aliphatic heterocycles. The molecule has 6 N–H and O–H groups in total. The van der Waals surface area contributed by atoms with E-state index in [9.17, 15) is 15.3 Å². The summed E-state index contributed by atoms with van der Waals surface area (Å²) in [5.41, 5.74) is 7.74. The maximum atomic E-state index is 10.3. The van der Waals surface area contributed by atoms with Gasteiger partial charge in [0.1, 0.15) is 36.1 Å². The van der Waals surface area contributed by atoms with E-state index in [1.54, 1.807) is 17.0 Å². The summed E-state index contributed by atoms with van der Waals surface area (Å²) < 4.78 is 7.15. The van der Waals surface area contributed by atoms with E-state index in [2.05, 4.69) is 19.9 Å². The first-order chi connectivity index (χ1) is 11.6. The Morgan fingerprint density at radius 1 is 1.25 bits per heavy atom. The third-order valence-corrected chi connectivity index (χ3v) is 4.20. The zero-order valence-corrected chi connectivity index (χ0v) is 12.4. The minimum Gasteiger partial charge on any atom is -0.394 e. The largest absolute Gasteiger partial charge is 0.394 e. The van der Waals surface area contributed by atoms with E-state index >= 15 is 0 Å². The second-order valence-corrected chi connectivity index (χ2v) is 5.59. The first-order valence-corrected chi connectivity index (χ1v) is 7.34. The van der Waals surface area contributed by atoms with Gasteiger partial charge >= 0.3 is 0 Å². The number of aromatic amines is 1. The number of H-pyrrole nitrogens is 1. The van der Waals surface area contributed by atoms with E-state index in [0.717, 1.165) is 0 Å². The fourth-order valence-electron chi connectivity index (χ4n) is 3.01. The molecule has 3 aromatic rings. The van der Waals surface area contributed by atoms with Crippen LogP contribution in [0.25, 0.3) is 22.3 Å². The molecule has 1 fully saturated rings. The Hall–Kier alpha value is -2.53. The first kappa shape index (κ1) is 15.0. The van der Waals surface area contributed by atoms with E-state index in [1.165, 1.54) is 12.7 Å². The molecule has 0 saturated carbocycles. The van der Waals surface area contributed by atoms with E-state index in [0.29, 0.717) is 22.3 Å². The van der Waals surface area contributed by atoms with Crippen LogP contribution in [0.5, 0.6) is 0 Å². The van der Waals surface area contributed by atoms with Crippen molar-refractivity contribution in [1.29, 1.82) is 0 Å². The van der Waals surface area contributed by atoms with E-state index in [1.807, 2.05) is 0 Å². The molecule has 0 aliphatic carbocycles. The summed E-state index contributed by atoms with van der Waals surface area (Å²) in [6.07, 6.45) is 2.01. The first-order valence-electron chi connectivity index (χ1n) is 7.34. The zero-order chi connectivity index (χ0) is 16.8. The molecule has 10 nitrogen and oxygen atoms in total. The van der Waals surface area contributed by atoms with Crippen LogP contribution in [-0.2, 0) is 4.74 Å². The third kappa shape index (κ3) is 2.08. The monoisotopic (exact) mass is 332 g/mol. The SMILES string of the molecule is Nc1ncnc2c1c(-c1c[nH]cn1)cn2[C@@H]1O[C@H](CO)[C@@H](O)[C@H]1O. The van der Waals surface area contributed by atoms with Gasteiger partial charge in [0.2, 0.25) is 0 Å². The predicted octanol–water partition coefficient (Wildman–Crippen LogP) is -0.985. The maximum Gasteiger partial charge on any atom is 0.164 e. The van der Waals surface area contributed by atoms with Crippen LogP contribution in [0.2, 0.25) is 0 Å². The summed E-state index contributed by atoms with van der Waals surface area (Å²) in [7, 11) is 0. The summed E-state index contributed by atoms with van der Waals surface area (Å²) in [6.45, 7) is -0.405. The number of aliphatic hydroxyl groups excluding tert-OH is 3. The van der Waals surface area contributed by atoms with E-state index in [4.69, 9.17) is 10.5 Å². The van der Waals surface area contributed by atoms with Crippen molar-refractivity contribution in [3.05, 3.63) is 25.0 Å². The lowest BCUT2D eigenvalue weighted by Gasteiger charge is -2.17. The zero-order valence-electron chi connectivity index (χ0n) is 12.4. The number of nitrogens with two attached hydrogens (primary N) is 1. The standard InChI is InChI=1S/C14H16N6O4/c15-12-9-6(7-1-16-4-17-7)2-20(13(9)19-5-18-12)14-11(23)10(22)8(3-21)24-14/h1-2,4-5,8,10-11,14,21-23H,3H2,(H,16,17)(H2,15,18,19)/t8-,10-,11-,14-/m1/s1. The molecule has 0 amide bonds. The average Bonchev–Trinajstić information content (AvgIpc) is 3.28. The van der Waals surface area contributed by atoms with Gasteiger partial charge in [-0.3, -0.25) is 0 Å². The van der Waals surface area contributed by atoms with Gasteiger partial charge in [0.15, 0.2) is 6.23 Å². The number of ether oxygens (including phenoxy) is 1. The van der Waals surface area contributed by atoms with Crippen molar-refractivity contribution in [2.24, 2.45) is 0 Å². The van der Waals surface area contributed by atoms with Crippen LogP contribution in [-0.4, -0.2) is 64.7 Å². The Labute approximate surface area is 135 Å². The molecular formula is C14H16N6O4. The van der Waals surface area contributed by atoms with E-state index < -0.39 is 31.1 Å². The van der Waals surface area contributed by atoms with Crippen LogP contribution in [0.15, 0.2) is 25.0 Å². The van der Waals surface area contributed by atoms with Gasteiger partial charge in [-0.25, -0.2) is 15.0 Å². The summed E-state index contributed by atoms with van der Waals surface area (Å²) in [5, 5.41) is 30.1. The van der Waals surface area contributed by atoms with Gasteiger partial charge in [-0.05, 0) is 0 Å². The predicted molar refractivity (Wildman–Crippen MR) is 82.5 cm³/mol. The third-order valence-electron chi connectivity index (χ3n) is 4.20. The van der Waals surface area contributed by atoms with Gasteiger partial charge in [0.05, 0.1) is 24.0 Å². The van der Waals surface area contributed by atoms with Gasteiger partial charge in [-0.1, -0.05) is 0 Å². The highest BCUT2D eigenvalue weighted by molar-refractivity contribution is 5.99. The highest BCUT2D eigenvalue weighted by atomic mass is 16.6. The number of nitrogens with zero attached hydrogens (tertiary/aromatic N) is 4. The molecule has 4 heterocycles. The summed E-state index contributed by atoms with van der Waals surface area (Å²) in [4.78, 5) is 15.3. The van der Waals surface area contributed by atoms with Crippen molar-refractivity contribution >= 4 is 16.9 Å². The maximum absolute atomic E-state index is 10.3. The second kappa shape index (κ2) is 5.53.